The molecule has 4 aromatic rings. The van der Waals surface area contributed by atoms with Gasteiger partial charge in [0.05, 0.1) is 25.7 Å². The standard InChI is InChI=1S/C18H16N6O3S2/c1-26-13-5-3-11(9-14(13)27-2)12-4-6-15-21-22-18(24(15)23-12)29-10-16(25)20-17-19-7-8-28-17/h3-9H,10H2,1-2H3,(H,19,20,25). The lowest BCUT2D eigenvalue weighted by molar-refractivity contribution is -0.113. The van der Waals surface area contributed by atoms with Gasteiger partial charge in [-0.05, 0) is 30.3 Å². The highest BCUT2D eigenvalue weighted by molar-refractivity contribution is 7.99. The number of aromatic nitrogens is 5. The van der Waals surface area contributed by atoms with Gasteiger partial charge in [0.15, 0.2) is 22.3 Å². The maximum atomic E-state index is 12.1. The second-order valence-corrected chi connectivity index (χ2v) is 7.55. The number of thiazole rings is 1. The summed E-state index contributed by atoms with van der Waals surface area (Å²) in [5.41, 5.74) is 2.17. The van der Waals surface area contributed by atoms with Crippen LogP contribution in [0.15, 0.2) is 47.1 Å². The number of hydrogen-bond acceptors (Lipinski definition) is 9. The van der Waals surface area contributed by atoms with Gasteiger partial charge < -0.3 is 14.8 Å². The number of carbonyl (C=O) groups excluding carboxylic acids is 1. The van der Waals surface area contributed by atoms with Gasteiger partial charge in [-0.15, -0.1) is 21.5 Å². The zero-order valence-electron chi connectivity index (χ0n) is 15.5. The Morgan fingerprint density at radius 2 is 2.03 bits per heavy atom. The number of anilines is 1. The fourth-order valence-electron chi connectivity index (χ4n) is 2.58. The number of amides is 1. The summed E-state index contributed by atoms with van der Waals surface area (Å²) in [5, 5.41) is 18.5. The summed E-state index contributed by atoms with van der Waals surface area (Å²) >= 11 is 2.62. The Morgan fingerprint density at radius 1 is 1.17 bits per heavy atom. The first kappa shape index (κ1) is 19.2. The summed E-state index contributed by atoms with van der Waals surface area (Å²) in [6.45, 7) is 0. The lowest BCUT2D eigenvalue weighted by atomic mass is 10.1. The van der Waals surface area contributed by atoms with Crippen molar-refractivity contribution in [1.82, 2.24) is 24.8 Å². The number of thioether (sulfide) groups is 1. The first-order valence-electron chi connectivity index (χ1n) is 8.45. The molecule has 0 radical (unpaired) electrons. The van der Waals surface area contributed by atoms with E-state index in [1.807, 2.05) is 30.3 Å². The topological polar surface area (TPSA) is 104 Å². The van der Waals surface area contributed by atoms with E-state index in [2.05, 4.69) is 25.6 Å². The third kappa shape index (κ3) is 4.15. The van der Waals surface area contributed by atoms with Gasteiger partial charge in [0.2, 0.25) is 11.1 Å². The number of carbonyl (C=O) groups is 1. The fourth-order valence-corrected chi connectivity index (χ4v) is 3.81. The normalized spacial score (nSPS) is 10.8. The van der Waals surface area contributed by atoms with Crippen molar-refractivity contribution in [2.45, 2.75) is 5.16 Å². The quantitative estimate of drug-likeness (QED) is 0.448. The summed E-state index contributed by atoms with van der Waals surface area (Å²) in [6.07, 6.45) is 1.64. The predicted octanol–water partition coefficient (Wildman–Crippen LogP) is 3.00. The third-order valence-electron chi connectivity index (χ3n) is 3.92. The van der Waals surface area contributed by atoms with Crippen LogP contribution >= 0.6 is 23.1 Å². The van der Waals surface area contributed by atoms with Gasteiger partial charge in [0.1, 0.15) is 0 Å². The van der Waals surface area contributed by atoms with E-state index >= 15 is 0 Å². The van der Waals surface area contributed by atoms with Crippen molar-refractivity contribution >= 4 is 39.8 Å². The van der Waals surface area contributed by atoms with Gasteiger partial charge in [-0.1, -0.05) is 11.8 Å². The van der Waals surface area contributed by atoms with Gasteiger partial charge in [-0.2, -0.15) is 9.61 Å². The molecule has 4 rings (SSSR count). The number of benzene rings is 1. The molecule has 0 aliphatic carbocycles. The zero-order chi connectivity index (χ0) is 20.2. The Balaban J connectivity index is 1.55. The highest BCUT2D eigenvalue weighted by Crippen LogP contribution is 2.31. The molecule has 0 aliphatic rings. The summed E-state index contributed by atoms with van der Waals surface area (Å²) in [4.78, 5) is 16.1. The van der Waals surface area contributed by atoms with Crippen LogP contribution in [0.4, 0.5) is 5.13 Å². The molecule has 0 saturated heterocycles. The first-order chi connectivity index (χ1) is 14.2. The fraction of sp³-hybridized carbons (Fsp3) is 0.167. The van der Waals surface area contributed by atoms with Crippen LogP contribution in [0.5, 0.6) is 11.5 Å². The molecule has 29 heavy (non-hydrogen) atoms. The van der Waals surface area contributed by atoms with E-state index in [9.17, 15) is 4.79 Å². The number of nitrogens with zero attached hydrogens (tertiary/aromatic N) is 5. The van der Waals surface area contributed by atoms with Gasteiger partial charge in [0.25, 0.3) is 0 Å². The minimum atomic E-state index is -0.169. The van der Waals surface area contributed by atoms with Crippen LogP contribution in [0, 0.1) is 0 Å². The van der Waals surface area contributed by atoms with Crippen molar-refractivity contribution < 1.29 is 14.3 Å². The lowest BCUT2D eigenvalue weighted by Gasteiger charge is -2.09. The highest BCUT2D eigenvalue weighted by Gasteiger charge is 2.13. The number of rotatable bonds is 7. The van der Waals surface area contributed by atoms with E-state index in [-0.39, 0.29) is 11.7 Å². The van der Waals surface area contributed by atoms with Crippen LogP contribution in [-0.4, -0.2) is 50.7 Å². The van der Waals surface area contributed by atoms with E-state index in [1.165, 1.54) is 23.1 Å². The molecule has 0 saturated carbocycles. The monoisotopic (exact) mass is 428 g/mol. The third-order valence-corrected chi connectivity index (χ3v) is 5.53. The van der Waals surface area contributed by atoms with E-state index in [1.54, 1.807) is 30.3 Å². The molecule has 3 aromatic heterocycles. The second kappa shape index (κ2) is 8.45. The summed E-state index contributed by atoms with van der Waals surface area (Å²) in [5.74, 6) is 1.26. The Morgan fingerprint density at radius 3 is 2.79 bits per heavy atom. The van der Waals surface area contributed by atoms with Crippen molar-refractivity contribution in [2.24, 2.45) is 0 Å². The highest BCUT2D eigenvalue weighted by atomic mass is 32.2. The average Bonchev–Trinajstić information content (AvgIpc) is 3.41. The Kier molecular flexibility index (Phi) is 5.58. The van der Waals surface area contributed by atoms with Gasteiger partial charge in [-0.3, -0.25) is 4.79 Å². The molecule has 0 unspecified atom stereocenters. The van der Waals surface area contributed by atoms with E-state index in [0.717, 1.165) is 5.56 Å². The van der Waals surface area contributed by atoms with Crippen molar-refractivity contribution in [1.29, 1.82) is 0 Å². The van der Waals surface area contributed by atoms with Crippen LogP contribution in [-0.2, 0) is 4.79 Å². The minimum Gasteiger partial charge on any atom is -0.493 e. The molecule has 9 nitrogen and oxygen atoms in total. The molecule has 0 aliphatic heterocycles. The van der Waals surface area contributed by atoms with Gasteiger partial charge >= 0.3 is 0 Å². The van der Waals surface area contributed by atoms with Crippen molar-refractivity contribution in [3.05, 3.63) is 41.9 Å². The summed E-state index contributed by atoms with van der Waals surface area (Å²) in [7, 11) is 3.18. The molecule has 1 amide bonds. The van der Waals surface area contributed by atoms with E-state index in [4.69, 9.17) is 9.47 Å². The molecule has 0 atom stereocenters. The molecule has 0 spiro atoms. The zero-order valence-corrected chi connectivity index (χ0v) is 17.2. The first-order valence-corrected chi connectivity index (χ1v) is 10.3. The maximum absolute atomic E-state index is 12.1. The SMILES string of the molecule is COc1ccc(-c2ccc3nnc(SCC(=O)Nc4nccs4)n3n2)cc1OC. The van der Waals surface area contributed by atoms with Crippen LogP contribution < -0.4 is 14.8 Å². The molecule has 11 heteroatoms. The van der Waals surface area contributed by atoms with Crippen LogP contribution in [0.25, 0.3) is 16.9 Å². The molecule has 0 bridgehead atoms. The van der Waals surface area contributed by atoms with Crippen molar-refractivity contribution in [3.63, 3.8) is 0 Å². The average molecular weight is 428 g/mol. The summed E-state index contributed by atoms with van der Waals surface area (Å²) < 4.78 is 12.3. The lowest BCUT2D eigenvalue weighted by Crippen LogP contribution is -2.14. The smallest absolute Gasteiger partial charge is 0.236 e. The van der Waals surface area contributed by atoms with E-state index < -0.39 is 0 Å². The predicted molar refractivity (Wildman–Crippen MR) is 111 cm³/mol. The number of nitrogens with one attached hydrogen (secondary N) is 1. The number of fused-ring (bicyclic) bond motifs is 1. The molecular weight excluding hydrogens is 412 g/mol. The Bertz CT molecular complexity index is 1150. The largest absolute Gasteiger partial charge is 0.493 e. The molecular formula is C18H16N6O3S2. The number of hydrogen-bond donors (Lipinski definition) is 1. The second-order valence-electron chi connectivity index (χ2n) is 5.72. The Hall–Kier alpha value is -3.18. The minimum absolute atomic E-state index is 0.169. The molecule has 1 N–H and O–H groups in total. The Labute approximate surface area is 174 Å². The van der Waals surface area contributed by atoms with Crippen LogP contribution in [0.2, 0.25) is 0 Å². The van der Waals surface area contributed by atoms with Crippen molar-refractivity contribution in [3.8, 4) is 22.8 Å². The van der Waals surface area contributed by atoms with Crippen molar-refractivity contribution in [2.75, 3.05) is 25.3 Å². The molecule has 0 fully saturated rings. The number of methoxy groups -OCH3 is 2. The molecule has 1 aromatic carbocycles. The summed E-state index contributed by atoms with van der Waals surface area (Å²) in [6, 6.07) is 9.26. The molecule has 148 valence electrons. The maximum Gasteiger partial charge on any atom is 0.236 e. The van der Waals surface area contributed by atoms with Gasteiger partial charge in [0, 0.05) is 17.1 Å². The molecule has 3 heterocycles. The number of ether oxygens (including phenoxy) is 2. The van der Waals surface area contributed by atoms with E-state index in [0.29, 0.717) is 33.1 Å². The van der Waals surface area contributed by atoms with Crippen LogP contribution in [0.3, 0.4) is 0 Å². The van der Waals surface area contributed by atoms with Crippen LogP contribution in [0.1, 0.15) is 0 Å². The van der Waals surface area contributed by atoms with Gasteiger partial charge in [-0.25, -0.2) is 4.98 Å².